The number of carbonyl (C=O) groups excluding carboxylic acids is 1. The highest BCUT2D eigenvalue weighted by molar-refractivity contribution is 6.34. The summed E-state index contributed by atoms with van der Waals surface area (Å²) in [6, 6.07) is 3.32. The van der Waals surface area contributed by atoms with E-state index in [1.54, 1.807) is 12.1 Å². The topological polar surface area (TPSA) is 35.5 Å². The Morgan fingerprint density at radius 1 is 1.18 bits per heavy atom. The lowest BCUT2D eigenvalue weighted by molar-refractivity contribution is 0.0857. The molecule has 0 fully saturated rings. The standard InChI is InChI=1S/C13H15ClO3/c1-13(2,3)12(15)8-6-10-11(7-9(8)14)17-5-4-16-10/h6-7H,4-5H2,1-3H3. The van der Waals surface area contributed by atoms with E-state index in [1.165, 1.54) is 0 Å². The van der Waals surface area contributed by atoms with Crippen LogP contribution >= 0.6 is 11.6 Å². The lowest BCUT2D eigenvalue weighted by atomic mass is 9.86. The lowest BCUT2D eigenvalue weighted by Crippen LogP contribution is -2.21. The van der Waals surface area contributed by atoms with Crippen LogP contribution in [0.3, 0.4) is 0 Å². The van der Waals surface area contributed by atoms with Crippen molar-refractivity contribution in [2.45, 2.75) is 20.8 Å². The van der Waals surface area contributed by atoms with Crippen LogP contribution in [0.25, 0.3) is 0 Å². The first kappa shape index (κ1) is 12.2. The third-order valence-electron chi connectivity index (χ3n) is 2.56. The van der Waals surface area contributed by atoms with Gasteiger partial charge in [-0.05, 0) is 6.07 Å². The van der Waals surface area contributed by atoms with E-state index in [-0.39, 0.29) is 5.78 Å². The van der Waals surface area contributed by atoms with Crippen LogP contribution in [0.15, 0.2) is 12.1 Å². The van der Waals surface area contributed by atoms with E-state index < -0.39 is 5.41 Å². The summed E-state index contributed by atoms with van der Waals surface area (Å²) < 4.78 is 10.8. The number of carbonyl (C=O) groups is 1. The summed E-state index contributed by atoms with van der Waals surface area (Å²) in [5.74, 6) is 1.19. The monoisotopic (exact) mass is 254 g/mol. The smallest absolute Gasteiger partial charge is 0.169 e. The first-order chi connectivity index (χ1) is 7.89. The van der Waals surface area contributed by atoms with Crippen LogP contribution in [0.2, 0.25) is 5.02 Å². The van der Waals surface area contributed by atoms with Crippen LogP contribution in [0.1, 0.15) is 31.1 Å². The SMILES string of the molecule is CC(C)(C)C(=O)c1cc2c(cc1Cl)OCCO2. The van der Waals surface area contributed by atoms with Crippen molar-refractivity contribution in [1.29, 1.82) is 0 Å². The van der Waals surface area contributed by atoms with Gasteiger partial charge in [-0.25, -0.2) is 0 Å². The molecule has 0 bridgehead atoms. The van der Waals surface area contributed by atoms with Crippen LogP contribution in [0, 0.1) is 5.41 Å². The zero-order chi connectivity index (χ0) is 12.6. The van der Waals surface area contributed by atoms with E-state index >= 15 is 0 Å². The van der Waals surface area contributed by atoms with Crippen molar-refractivity contribution in [2.24, 2.45) is 5.41 Å². The van der Waals surface area contributed by atoms with Gasteiger partial charge in [0.05, 0.1) is 5.02 Å². The second kappa shape index (κ2) is 4.22. The van der Waals surface area contributed by atoms with Gasteiger partial charge in [-0.2, -0.15) is 0 Å². The van der Waals surface area contributed by atoms with Gasteiger partial charge in [-0.15, -0.1) is 0 Å². The van der Waals surface area contributed by atoms with Gasteiger partial charge in [-0.3, -0.25) is 4.79 Å². The van der Waals surface area contributed by atoms with Gasteiger partial charge in [0.25, 0.3) is 0 Å². The maximum Gasteiger partial charge on any atom is 0.169 e. The number of rotatable bonds is 1. The van der Waals surface area contributed by atoms with Crippen molar-refractivity contribution in [2.75, 3.05) is 13.2 Å². The Kier molecular flexibility index (Phi) is 3.04. The van der Waals surface area contributed by atoms with Gasteiger partial charge in [0, 0.05) is 17.0 Å². The fraction of sp³-hybridized carbons (Fsp3) is 0.462. The first-order valence-corrected chi connectivity index (χ1v) is 5.91. The molecule has 0 radical (unpaired) electrons. The molecule has 0 atom stereocenters. The van der Waals surface area contributed by atoms with Crippen LogP contribution in [0.5, 0.6) is 11.5 Å². The number of ether oxygens (including phenoxy) is 2. The van der Waals surface area contributed by atoms with Crippen molar-refractivity contribution in [3.8, 4) is 11.5 Å². The van der Waals surface area contributed by atoms with E-state index in [9.17, 15) is 4.79 Å². The highest BCUT2D eigenvalue weighted by Crippen LogP contribution is 2.37. The van der Waals surface area contributed by atoms with Crippen molar-refractivity contribution in [3.63, 3.8) is 0 Å². The molecule has 0 amide bonds. The summed E-state index contributed by atoms with van der Waals surface area (Å²) in [7, 11) is 0. The van der Waals surface area contributed by atoms with E-state index in [4.69, 9.17) is 21.1 Å². The van der Waals surface area contributed by atoms with Crippen LogP contribution in [-0.2, 0) is 0 Å². The van der Waals surface area contributed by atoms with E-state index in [1.807, 2.05) is 20.8 Å². The highest BCUT2D eigenvalue weighted by Gasteiger charge is 2.27. The number of ketones is 1. The molecule has 1 aliphatic rings. The molecule has 1 aromatic carbocycles. The summed E-state index contributed by atoms with van der Waals surface area (Å²) in [6.07, 6.45) is 0. The summed E-state index contributed by atoms with van der Waals surface area (Å²) >= 11 is 6.11. The molecular weight excluding hydrogens is 240 g/mol. The molecule has 92 valence electrons. The fourth-order valence-electron chi connectivity index (χ4n) is 1.64. The molecule has 1 heterocycles. The van der Waals surface area contributed by atoms with Crippen molar-refractivity contribution < 1.29 is 14.3 Å². The number of halogens is 1. The van der Waals surface area contributed by atoms with E-state index in [0.29, 0.717) is 35.3 Å². The maximum absolute atomic E-state index is 12.2. The number of hydrogen-bond acceptors (Lipinski definition) is 3. The molecular formula is C13H15ClO3. The minimum atomic E-state index is -0.465. The van der Waals surface area contributed by atoms with E-state index in [0.717, 1.165) is 0 Å². The third kappa shape index (κ3) is 2.39. The predicted octanol–water partition coefficient (Wildman–Crippen LogP) is 3.34. The Morgan fingerprint density at radius 3 is 2.24 bits per heavy atom. The van der Waals surface area contributed by atoms with Gasteiger partial charge in [0.2, 0.25) is 0 Å². The minimum Gasteiger partial charge on any atom is -0.486 e. The zero-order valence-corrected chi connectivity index (χ0v) is 10.9. The molecule has 0 spiro atoms. The Bertz CT molecular complexity index is 460. The molecule has 0 N–H and O–H groups in total. The Balaban J connectivity index is 2.45. The summed E-state index contributed by atoms with van der Waals surface area (Å²) in [6.45, 7) is 6.60. The van der Waals surface area contributed by atoms with Crippen LogP contribution in [0.4, 0.5) is 0 Å². The largest absolute Gasteiger partial charge is 0.486 e. The molecule has 17 heavy (non-hydrogen) atoms. The van der Waals surface area contributed by atoms with Gasteiger partial charge >= 0.3 is 0 Å². The molecule has 3 nitrogen and oxygen atoms in total. The predicted molar refractivity (Wildman–Crippen MR) is 66.2 cm³/mol. The lowest BCUT2D eigenvalue weighted by Gasteiger charge is -2.22. The number of fused-ring (bicyclic) bond motifs is 1. The van der Waals surface area contributed by atoms with Crippen molar-refractivity contribution in [3.05, 3.63) is 22.7 Å². The molecule has 4 heteroatoms. The zero-order valence-electron chi connectivity index (χ0n) is 10.2. The summed E-state index contributed by atoms with van der Waals surface area (Å²) in [4.78, 5) is 12.2. The summed E-state index contributed by atoms with van der Waals surface area (Å²) in [5.41, 5.74) is 0.0244. The Morgan fingerprint density at radius 2 is 1.71 bits per heavy atom. The summed E-state index contributed by atoms with van der Waals surface area (Å²) in [5, 5.41) is 0.411. The molecule has 0 saturated heterocycles. The Labute approximate surface area is 106 Å². The van der Waals surface area contributed by atoms with Crippen LogP contribution in [-0.4, -0.2) is 19.0 Å². The first-order valence-electron chi connectivity index (χ1n) is 5.53. The normalized spacial score (nSPS) is 14.6. The molecule has 1 aromatic rings. The van der Waals surface area contributed by atoms with Gasteiger partial charge in [0.15, 0.2) is 17.3 Å². The van der Waals surface area contributed by atoms with E-state index in [2.05, 4.69) is 0 Å². The van der Waals surface area contributed by atoms with Gasteiger partial charge in [0.1, 0.15) is 13.2 Å². The molecule has 0 unspecified atom stereocenters. The van der Waals surface area contributed by atoms with Crippen molar-refractivity contribution in [1.82, 2.24) is 0 Å². The molecule has 0 saturated carbocycles. The fourth-order valence-corrected chi connectivity index (χ4v) is 1.88. The molecule has 0 aromatic heterocycles. The highest BCUT2D eigenvalue weighted by atomic mass is 35.5. The molecule has 2 rings (SSSR count). The van der Waals surface area contributed by atoms with Crippen LogP contribution < -0.4 is 9.47 Å². The third-order valence-corrected chi connectivity index (χ3v) is 2.87. The quantitative estimate of drug-likeness (QED) is 0.721. The van der Waals surface area contributed by atoms with Gasteiger partial charge < -0.3 is 9.47 Å². The number of benzene rings is 1. The molecule has 1 aliphatic heterocycles. The average molecular weight is 255 g/mol. The minimum absolute atomic E-state index is 0.000488. The second-order valence-corrected chi connectivity index (χ2v) is 5.46. The maximum atomic E-state index is 12.2. The second-order valence-electron chi connectivity index (χ2n) is 5.05. The molecule has 0 aliphatic carbocycles. The van der Waals surface area contributed by atoms with Gasteiger partial charge in [-0.1, -0.05) is 32.4 Å². The van der Waals surface area contributed by atoms with Crippen molar-refractivity contribution >= 4 is 17.4 Å². The Hall–Kier alpha value is -1.22. The number of Topliss-reactive ketones (excluding diaryl/α,β-unsaturated/α-hetero) is 1. The number of hydrogen-bond donors (Lipinski definition) is 0. The average Bonchev–Trinajstić information content (AvgIpc) is 2.26.